The van der Waals surface area contributed by atoms with Crippen molar-refractivity contribution in [2.45, 2.75) is 76.8 Å². The van der Waals surface area contributed by atoms with Crippen LogP contribution >= 0.6 is 0 Å². The van der Waals surface area contributed by atoms with Gasteiger partial charge in [-0.1, -0.05) is 6.07 Å². The highest BCUT2D eigenvalue weighted by Crippen LogP contribution is 2.40. The summed E-state index contributed by atoms with van der Waals surface area (Å²) in [6.45, 7) is 5.45. The van der Waals surface area contributed by atoms with Gasteiger partial charge < -0.3 is 24.7 Å². The Bertz CT molecular complexity index is 1260. The summed E-state index contributed by atoms with van der Waals surface area (Å²) in [7, 11) is 2.02. The van der Waals surface area contributed by atoms with Crippen LogP contribution in [-0.4, -0.2) is 67.2 Å². The number of nitrogens with one attached hydrogen (secondary N) is 1. The third kappa shape index (κ3) is 5.00. The van der Waals surface area contributed by atoms with Crippen LogP contribution in [0, 0.1) is 0 Å². The van der Waals surface area contributed by atoms with Crippen molar-refractivity contribution in [3.05, 3.63) is 48.4 Å². The van der Waals surface area contributed by atoms with Gasteiger partial charge in [0.1, 0.15) is 17.2 Å². The van der Waals surface area contributed by atoms with Gasteiger partial charge in [0.05, 0.1) is 18.5 Å². The van der Waals surface area contributed by atoms with Crippen LogP contribution in [0.25, 0.3) is 22.3 Å². The van der Waals surface area contributed by atoms with E-state index < -0.39 is 5.60 Å². The number of piperidine rings is 1. The number of carbonyl (C=O) groups excluding carboxylic acids is 1. The van der Waals surface area contributed by atoms with Crippen LogP contribution in [-0.2, 0) is 11.3 Å². The Morgan fingerprint density at radius 2 is 1.84 bits per heavy atom. The monoisotopic (exact) mass is 505 g/mol. The maximum Gasteiger partial charge on any atom is 0.410 e. The number of aliphatic hydroxyl groups is 1. The molecule has 196 valence electrons. The molecule has 2 fully saturated rings. The van der Waals surface area contributed by atoms with Crippen LogP contribution in [0.4, 0.5) is 10.6 Å². The molecule has 0 unspecified atom stereocenters. The average molecular weight is 506 g/mol. The van der Waals surface area contributed by atoms with Gasteiger partial charge in [0, 0.05) is 48.1 Å². The van der Waals surface area contributed by atoms with Crippen molar-refractivity contribution in [3.8, 4) is 28.0 Å². The number of benzene rings is 1. The van der Waals surface area contributed by atoms with Crippen molar-refractivity contribution in [1.82, 2.24) is 20.1 Å². The number of fused-ring (bicyclic) bond motifs is 2. The minimum atomic E-state index is -0.509. The first-order valence-corrected chi connectivity index (χ1v) is 12.8. The molecule has 1 amide bonds. The zero-order valence-corrected chi connectivity index (χ0v) is 21.8. The van der Waals surface area contributed by atoms with Gasteiger partial charge in [0.25, 0.3) is 0 Å². The summed E-state index contributed by atoms with van der Waals surface area (Å²) in [6.07, 6.45) is 6.91. The van der Waals surface area contributed by atoms with Crippen LogP contribution in [0.15, 0.2) is 42.7 Å². The highest BCUT2D eigenvalue weighted by atomic mass is 16.6. The summed E-state index contributed by atoms with van der Waals surface area (Å²) in [6, 6.07) is 9.81. The third-order valence-electron chi connectivity index (χ3n) is 7.45. The highest BCUT2D eigenvalue weighted by molar-refractivity contribution is 5.77. The average Bonchev–Trinajstić information content (AvgIpc) is 3.48. The molecular formula is C28H35N5O4. The molecule has 2 aliphatic heterocycles. The van der Waals surface area contributed by atoms with E-state index in [1.54, 1.807) is 18.5 Å². The molecule has 4 heterocycles. The molecule has 0 saturated carbocycles. The molecule has 5 rings (SSSR count). The summed E-state index contributed by atoms with van der Waals surface area (Å²) in [4.78, 5) is 21.7. The Morgan fingerprint density at radius 1 is 1.14 bits per heavy atom. The van der Waals surface area contributed by atoms with Crippen LogP contribution in [0.2, 0.25) is 0 Å². The fourth-order valence-corrected chi connectivity index (χ4v) is 5.66. The van der Waals surface area contributed by atoms with Crippen molar-refractivity contribution in [2.75, 3.05) is 11.9 Å². The van der Waals surface area contributed by atoms with Gasteiger partial charge in [0.2, 0.25) is 0 Å². The maximum atomic E-state index is 12.8. The number of aromatic nitrogens is 3. The summed E-state index contributed by atoms with van der Waals surface area (Å²) in [5.41, 5.74) is 3.02. The zero-order chi connectivity index (χ0) is 26.3. The number of aliphatic hydroxyl groups excluding tert-OH is 1. The number of amides is 1. The van der Waals surface area contributed by atoms with Crippen LogP contribution in [0.1, 0.15) is 52.1 Å². The molecule has 2 saturated heterocycles. The van der Waals surface area contributed by atoms with E-state index in [9.17, 15) is 15.0 Å². The Kier molecular flexibility index (Phi) is 6.58. The second-order valence-electron chi connectivity index (χ2n) is 11.0. The number of nitrogens with zero attached hydrogens (tertiary/aromatic N) is 4. The van der Waals surface area contributed by atoms with Gasteiger partial charge >= 0.3 is 6.09 Å². The quantitative estimate of drug-likeness (QED) is 0.460. The van der Waals surface area contributed by atoms with Crippen molar-refractivity contribution < 1.29 is 19.7 Å². The van der Waals surface area contributed by atoms with Gasteiger partial charge in [0.15, 0.2) is 0 Å². The second kappa shape index (κ2) is 9.70. The first-order valence-electron chi connectivity index (χ1n) is 12.8. The molecule has 3 N–H and O–H groups in total. The number of pyridine rings is 1. The third-order valence-corrected chi connectivity index (χ3v) is 7.45. The lowest BCUT2D eigenvalue weighted by Crippen LogP contribution is -2.53. The molecule has 0 aliphatic carbocycles. The molecule has 9 heteroatoms. The predicted molar refractivity (Wildman–Crippen MR) is 141 cm³/mol. The summed E-state index contributed by atoms with van der Waals surface area (Å²) in [5.74, 6) is 0.875. The lowest BCUT2D eigenvalue weighted by Gasteiger charge is -2.42. The molecule has 0 spiro atoms. The molecule has 37 heavy (non-hydrogen) atoms. The van der Waals surface area contributed by atoms with E-state index in [0.717, 1.165) is 42.6 Å². The molecule has 3 atom stereocenters. The van der Waals surface area contributed by atoms with E-state index in [4.69, 9.17) is 9.72 Å². The standard InChI is InChI=1S/C28H35N5O4/c1-28(2,3)37-27(36)33-19-6-7-20(33)13-21(12-19)32(4)26-10-9-22(24(16-34)31-26)23-8-5-17(11-25(23)35)18-14-29-30-15-18/h5,8-11,14-15,19-21,34-35H,6-7,12-13,16H2,1-4H3,(H,29,30)/t19-,20+,21-. The van der Waals surface area contributed by atoms with Gasteiger partial charge in [-0.2, -0.15) is 5.10 Å². The van der Waals surface area contributed by atoms with Gasteiger partial charge in [-0.05, 0) is 76.3 Å². The molecule has 0 radical (unpaired) electrons. The SMILES string of the molecule is CN(c1ccc(-c2ccc(-c3cn[nH]c3)cc2O)c(CO)n1)[C@@H]1C[C@H]2CC[C@@H](C1)N2C(=O)OC(C)(C)C. The minimum Gasteiger partial charge on any atom is -0.507 e. The fraction of sp³-hybridized carbons (Fsp3) is 0.464. The maximum absolute atomic E-state index is 12.8. The molecule has 1 aromatic carbocycles. The van der Waals surface area contributed by atoms with Crippen LogP contribution in [0.3, 0.4) is 0 Å². The second-order valence-corrected chi connectivity index (χ2v) is 11.0. The summed E-state index contributed by atoms with van der Waals surface area (Å²) < 4.78 is 5.67. The fourth-order valence-electron chi connectivity index (χ4n) is 5.66. The van der Waals surface area contributed by atoms with E-state index in [1.807, 2.05) is 57.0 Å². The molecule has 3 aromatic rings. The lowest BCUT2D eigenvalue weighted by atomic mass is 9.96. The largest absolute Gasteiger partial charge is 0.507 e. The number of H-pyrrole nitrogens is 1. The number of rotatable bonds is 5. The van der Waals surface area contributed by atoms with Crippen molar-refractivity contribution >= 4 is 11.9 Å². The number of aromatic hydroxyl groups is 1. The molecule has 2 bridgehead atoms. The highest BCUT2D eigenvalue weighted by Gasteiger charge is 2.46. The van der Waals surface area contributed by atoms with E-state index in [-0.39, 0.29) is 36.6 Å². The molecule has 2 aromatic heterocycles. The number of phenolic OH excluding ortho intramolecular Hbond substituents is 1. The van der Waals surface area contributed by atoms with Crippen molar-refractivity contribution in [2.24, 2.45) is 0 Å². The number of phenols is 1. The van der Waals surface area contributed by atoms with Crippen LogP contribution in [0.5, 0.6) is 5.75 Å². The van der Waals surface area contributed by atoms with Crippen molar-refractivity contribution in [1.29, 1.82) is 0 Å². The van der Waals surface area contributed by atoms with E-state index in [1.165, 1.54) is 0 Å². The predicted octanol–water partition coefficient (Wildman–Crippen LogP) is 4.70. The Hall–Kier alpha value is -3.59. The topological polar surface area (TPSA) is 115 Å². The van der Waals surface area contributed by atoms with E-state index >= 15 is 0 Å². The van der Waals surface area contributed by atoms with Gasteiger partial charge in [-0.3, -0.25) is 5.10 Å². The Morgan fingerprint density at radius 3 is 2.43 bits per heavy atom. The van der Waals surface area contributed by atoms with Crippen LogP contribution < -0.4 is 4.90 Å². The molecule has 2 aliphatic rings. The molecular weight excluding hydrogens is 470 g/mol. The number of hydrogen-bond acceptors (Lipinski definition) is 7. The minimum absolute atomic E-state index is 0.113. The first kappa shape index (κ1) is 25.1. The number of carbonyl (C=O) groups is 1. The first-order chi connectivity index (χ1) is 17.6. The smallest absolute Gasteiger partial charge is 0.410 e. The summed E-state index contributed by atoms with van der Waals surface area (Å²) >= 11 is 0. The van der Waals surface area contributed by atoms with Crippen molar-refractivity contribution in [3.63, 3.8) is 0 Å². The zero-order valence-electron chi connectivity index (χ0n) is 21.8. The Labute approximate surface area is 217 Å². The Balaban J connectivity index is 1.34. The van der Waals surface area contributed by atoms with Gasteiger partial charge in [-0.25, -0.2) is 9.78 Å². The van der Waals surface area contributed by atoms with E-state index in [2.05, 4.69) is 15.1 Å². The van der Waals surface area contributed by atoms with Gasteiger partial charge in [-0.15, -0.1) is 0 Å². The number of hydrogen-bond donors (Lipinski definition) is 3. The number of ether oxygens (including phenoxy) is 1. The number of anilines is 1. The number of aromatic amines is 1. The summed E-state index contributed by atoms with van der Waals surface area (Å²) in [5, 5.41) is 27.6. The lowest BCUT2D eigenvalue weighted by molar-refractivity contribution is 0.00597. The molecule has 9 nitrogen and oxygen atoms in total. The normalized spacial score (nSPS) is 21.2. The van der Waals surface area contributed by atoms with E-state index in [0.29, 0.717) is 16.8 Å².